The highest BCUT2D eigenvalue weighted by Gasteiger charge is 2.39. The Labute approximate surface area is 141 Å². The van der Waals surface area contributed by atoms with Crippen LogP contribution in [0.5, 0.6) is 0 Å². The van der Waals surface area contributed by atoms with Gasteiger partial charge in [-0.25, -0.2) is 0 Å². The topological polar surface area (TPSA) is 60.5 Å². The zero-order valence-corrected chi connectivity index (χ0v) is 13.9. The highest BCUT2D eigenvalue weighted by molar-refractivity contribution is 5.94. The van der Waals surface area contributed by atoms with Gasteiger partial charge in [0.15, 0.2) is 0 Å². The highest BCUT2D eigenvalue weighted by Crippen LogP contribution is 2.32. The van der Waals surface area contributed by atoms with Crippen LogP contribution in [0.4, 0.5) is 0 Å². The summed E-state index contributed by atoms with van der Waals surface area (Å²) in [6.45, 7) is 1.55. The maximum atomic E-state index is 12.8. The second kappa shape index (κ2) is 6.43. The summed E-state index contributed by atoms with van der Waals surface area (Å²) in [5, 5.41) is 4.25. The van der Waals surface area contributed by atoms with E-state index in [1.54, 1.807) is 17.0 Å². The average molecular weight is 329 g/mol. The maximum absolute atomic E-state index is 12.8. The van der Waals surface area contributed by atoms with E-state index >= 15 is 0 Å². The van der Waals surface area contributed by atoms with E-state index in [-0.39, 0.29) is 18.1 Å². The molecule has 3 heterocycles. The predicted octanol–water partition coefficient (Wildman–Crippen LogP) is 2.27. The number of ether oxygens (including phenoxy) is 1. The molecule has 1 saturated heterocycles. The van der Waals surface area contributed by atoms with Crippen LogP contribution < -0.4 is 0 Å². The van der Waals surface area contributed by atoms with Gasteiger partial charge in [-0.3, -0.25) is 9.48 Å². The van der Waals surface area contributed by atoms with Crippen molar-refractivity contribution in [3.05, 3.63) is 42.1 Å². The fourth-order valence-electron chi connectivity index (χ4n) is 3.43. The number of hydrogen-bond donors (Lipinski definition) is 0. The van der Waals surface area contributed by atoms with Crippen LogP contribution in [0, 0.1) is 5.92 Å². The average Bonchev–Trinajstić information content (AvgIpc) is 2.98. The molecule has 2 aromatic heterocycles. The number of aromatic nitrogens is 2. The fraction of sp³-hybridized carbons (Fsp3) is 0.556. The van der Waals surface area contributed by atoms with Gasteiger partial charge < -0.3 is 14.1 Å². The van der Waals surface area contributed by atoms with E-state index in [9.17, 15) is 4.79 Å². The van der Waals surface area contributed by atoms with Crippen LogP contribution in [-0.2, 0) is 18.2 Å². The van der Waals surface area contributed by atoms with Gasteiger partial charge >= 0.3 is 0 Å². The summed E-state index contributed by atoms with van der Waals surface area (Å²) in [5.74, 6) is 0.748. The molecule has 1 saturated carbocycles. The van der Waals surface area contributed by atoms with Crippen molar-refractivity contribution in [2.24, 2.45) is 13.0 Å². The van der Waals surface area contributed by atoms with Crippen LogP contribution >= 0.6 is 0 Å². The van der Waals surface area contributed by atoms with Gasteiger partial charge in [-0.05, 0) is 43.2 Å². The first kappa shape index (κ1) is 15.4. The summed E-state index contributed by atoms with van der Waals surface area (Å²) in [5.41, 5.74) is 1.74. The quantitative estimate of drug-likeness (QED) is 0.816. The van der Waals surface area contributed by atoms with Gasteiger partial charge in [-0.2, -0.15) is 5.10 Å². The maximum Gasteiger partial charge on any atom is 0.257 e. The standard InChI is InChI=1S/C18H23N3O3/c1-20-10-14(9-19-20)8-16-17(24-11-13-2-3-13)4-6-21(16)18(22)15-5-7-23-12-15/h5,7,9-10,12-13,16-17H,2-4,6,8,11H2,1H3/t16-,17-/m0/s1. The molecule has 0 aromatic carbocycles. The molecule has 6 nitrogen and oxygen atoms in total. The van der Waals surface area contributed by atoms with E-state index in [1.807, 2.05) is 24.3 Å². The first-order chi connectivity index (χ1) is 11.7. The Kier molecular flexibility index (Phi) is 4.14. The Hall–Kier alpha value is -2.08. The number of aryl methyl sites for hydroxylation is 1. The number of likely N-dealkylation sites (tertiary alicyclic amines) is 1. The molecule has 6 heteroatoms. The van der Waals surface area contributed by atoms with E-state index in [1.165, 1.54) is 19.1 Å². The van der Waals surface area contributed by atoms with Crippen LogP contribution in [0.25, 0.3) is 0 Å². The number of furan rings is 1. The van der Waals surface area contributed by atoms with Gasteiger partial charge in [-0.15, -0.1) is 0 Å². The molecule has 2 atom stereocenters. The lowest BCUT2D eigenvalue weighted by molar-refractivity contribution is 0.0200. The molecule has 2 aliphatic rings. The molecule has 1 amide bonds. The van der Waals surface area contributed by atoms with E-state index in [0.29, 0.717) is 5.56 Å². The van der Waals surface area contributed by atoms with Crippen LogP contribution in [0.2, 0.25) is 0 Å². The van der Waals surface area contributed by atoms with Crippen molar-refractivity contribution in [3.63, 3.8) is 0 Å². The number of carbonyl (C=O) groups is 1. The molecule has 1 aliphatic carbocycles. The van der Waals surface area contributed by atoms with E-state index in [2.05, 4.69) is 5.10 Å². The SMILES string of the molecule is Cn1cc(C[C@H]2[C@@H](OCC3CC3)CCN2C(=O)c2ccoc2)cn1. The molecule has 0 radical (unpaired) electrons. The molecule has 128 valence electrons. The van der Waals surface area contributed by atoms with Crippen molar-refractivity contribution in [1.82, 2.24) is 14.7 Å². The molecule has 4 rings (SSSR count). The van der Waals surface area contributed by atoms with E-state index in [4.69, 9.17) is 9.15 Å². The fourth-order valence-corrected chi connectivity index (χ4v) is 3.43. The molecule has 0 N–H and O–H groups in total. The summed E-state index contributed by atoms with van der Waals surface area (Å²) in [6, 6.07) is 1.78. The Bertz CT molecular complexity index is 690. The molecular weight excluding hydrogens is 306 g/mol. The summed E-state index contributed by atoms with van der Waals surface area (Å²) < 4.78 is 13.0. The number of amides is 1. The predicted molar refractivity (Wildman–Crippen MR) is 87.5 cm³/mol. The van der Waals surface area contributed by atoms with Gasteiger partial charge in [0.25, 0.3) is 5.91 Å². The van der Waals surface area contributed by atoms with Crippen molar-refractivity contribution in [2.45, 2.75) is 37.8 Å². The number of hydrogen-bond acceptors (Lipinski definition) is 4. The van der Waals surface area contributed by atoms with Gasteiger partial charge in [0, 0.05) is 26.4 Å². The molecule has 2 aromatic rings. The zero-order valence-electron chi connectivity index (χ0n) is 13.9. The second-order valence-electron chi connectivity index (χ2n) is 6.91. The third-order valence-corrected chi connectivity index (χ3v) is 4.96. The van der Waals surface area contributed by atoms with Crippen molar-refractivity contribution in [1.29, 1.82) is 0 Å². The lowest BCUT2D eigenvalue weighted by atomic mass is 10.0. The molecule has 2 fully saturated rings. The molecular formula is C18H23N3O3. The Morgan fingerprint density at radius 2 is 2.29 bits per heavy atom. The van der Waals surface area contributed by atoms with Crippen LogP contribution in [0.3, 0.4) is 0 Å². The van der Waals surface area contributed by atoms with Crippen LogP contribution in [-0.4, -0.2) is 45.9 Å². The summed E-state index contributed by atoms with van der Waals surface area (Å²) >= 11 is 0. The molecule has 1 aliphatic heterocycles. The normalized spacial score (nSPS) is 23.8. The molecule has 0 unspecified atom stereocenters. The van der Waals surface area contributed by atoms with Gasteiger partial charge in [0.1, 0.15) is 6.26 Å². The van der Waals surface area contributed by atoms with Crippen LogP contribution in [0.1, 0.15) is 35.2 Å². The first-order valence-corrected chi connectivity index (χ1v) is 8.63. The summed E-state index contributed by atoms with van der Waals surface area (Å²) in [6.07, 6.45) is 11.3. The largest absolute Gasteiger partial charge is 0.472 e. The second-order valence-corrected chi connectivity index (χ2v) is 6.91. The van der Waals surface area contributed by atoms with E-state index in [0.717, 1.165) is 37.5 Å². The molecule has 0 bridgehead atoms. The molecule has 0 spiro atoms. The highest BCUT2D eigenvalue weighted by atomic mass is 16.5. The number of rotatable bonds is 6. The van der Waals surface area contributed by atoms with Crippen molar-refractivity contribution < 1.29 is 13.9 Å². The Balaban J connectivity index is 1.51. The number of nitrogens with zero attached hydrogens (tertiary/aromatic N) is 3. The van der Waals surface area contributed by atoms with Crippen molar-refractivity contribution in [2.75, 3.05) is 13.2 Å². The minimum absolute atomic E-state index is 0.0233. The zero-order chi connectivity index (χ0) is 16.5. The lowest BCUT2D eigenvalue weighted by Gasteiger charge is -2.28. The van der Waals surface area contributed by atoms with E-state index < -0.39 is 0 Å². The first-order valence-electron chi connectivity index (χ1n) is 8.63. The third kappa shape index (κ3) is 3.24. The lowest BCUT2D eigenvalue weighted by Crippen LogP contribution is -2.42. The van der Waals surface area contributed by atoms with Crippen molar-refractivity contribution >= 4 is 5.91 Å². The van der Waals surface area contributed by atoms with Crippen molar-refractivity contribution in [3.8, 4) is 0 Å². The Morgan fingerprint density at radius 3 is 2.96 bits per heavy atom. The smallest absolute Gasteiger partial charge is 0.257 e. The monoisotopic (exact) mass is 329 g/mol. The summed E-state index contributed by atoms with van der Waals surface area (Å²) in [7, 11) is 1.91. The van der Waals surface area contributed by atoms with Crippen LogP contribution in [0.15, 0.2) is 35.4 Å². The van der Waals surface area contributed by atoms with Gasteiger partial charge in [0.05, 0.1) is 30.2 Å². The molecule has 24 heavy (non-hydrogen) atoms. The minimum Gasteiger partial charge on any atom is -0.472 e. The number of carbonyl (C=O) groups excluding carboxylic acids is 1. The van der Waals surface area contributed by atoms with Gasteiger partial charge in [-0.1, -0.05) is 0 Å². The minimum atomic E-state index is 0.0233. The third-order valence-electron chi connectivity index (χ3n) is 4.96. The Morgan fingerprint density at radius 1 is 1.42 bits per heavy atom. The summed E-state index contributed by atoms with van der Waals surface area (Å²) in [4.78, 5) is 14.7. The van der Waals surface area contributed by atoms with Gasteiger partial charge in [0.2, 0.25) is 0 Å².